The molecule has 0 saturated carbocycles. The molecule has 2 N–H and O–H groups in total. The van der Waals surface area contributed by atoms with Crippen LogP contribution in [0.3, 0.4) is 0 Å². The van der Waals surface area contributed by atoms with Crippen molar-refractivity contribution >= 4 is 6.03 Å². The minimum atomic E-state index is -0.279. The predicted molar refractivity (Wildman–Crippen MR) is 94.7 cm³/mol. The Morgan fingerprint density at radius 2 is 2.00 bits per heavy atom. The van der Waals surface area contributed by atoms with Gasteiger partial charge in [-0.1, -0.05) is 18.6 Å². The molecule has 1 atom stereocenters. The number of nitrogens with one attached hydrogen (secondary N) is 2. The van der Waals surface area contributed by atoms with Gasteiger partial charge >= 0.3 is 6.03 Å². The topological polar surface area (TPSA) is 61.0 Å². The molecule has 2 aromatic rings. The number of aryl methyl sites for hydroxylation is 1. The van der Waals surface area contributed by atoms with Crippen molar-refractivity contribution in [3.8, 4) is 0 Å². The van der Waals surface area contributed by atoms with Crippen LogP contribution in [0.1, 0.15) is 54.7 Å². The fraction of sp³-hybridized carbons (Fsp3) is 0.474. The van der Waals surface area contributed by atoms with Crippen molar-refractivity contribution in [2.75, 3.05) is 7.05 Å². The lowest BCUT2D eigenvalue weighted by Crippen LogP contribution is -2.38. The summed E-state index contributed by atoms with van der Waals surface area (Å²) < 4.78 is 13.0. The van der Waals surface area contributed by atoms with Crippen LogP contribution in [0, 0.1) is 5.82 Å². The molecule has 6 heteroatoms. The number of halogens is 1. The molecule has 0 fully saturated rings. The van der Waals surface area contributed by atoms with Crippen LogP contribution < -0.4 is 5.32 Å². The lowest BCUT2D eigenvalue weighted by molar-refractivity contribution is 0.203. The molecule has 0 spiro atoms. The standard InChI is InChI=1S/C19H25FN4O/c1-13(14-8-10-15(20)11-9-14)21-19(25)24(2)12-18-16-6-4-3-5-7-17(16)22-23-18/h8-11,13H,3-7,12H2,1-2H3,(H,21,25)(H,22,23)/t13-/m0/s1. The lowest BCUT2D eigenvalue weighted by Gasteiger charge is -2.21. The second-order valence-corrected chi connectivity index (χ2v) is 6.77. The molecule has 2 amide bonds. The van der Waals surface area contributed by atoms with Gasteiger partial charge < -0.3 is 10.2 Å². The Kier molecular flexibility index (Phi) is 5.36. The number of hydrogen-bond donors (Lipinski definition) is 2. The van der Waals surface area contributed by atoms with Gasteiger partial charge in [-0.25, -0.2) is 9.18 Å². The maximum atomic E-state index is 13.0. The third-order valence-electron chi connectivity index (χ3n) is 4.84. The third kappa shape index (κ3) is 4.18. The molecule has 0 saturated heterocycles. The van der Waals surface area contributed by atoms with Crippen LogP contribution in [0.2, 0.25) is 0 Å². The molecule has 0 unspecified atom stereocenters. The SMILES string of the molecule is C[C@H](NC(=O)N(C)Cc1n[nH]c2c1CCCCC2)c1ccc(F)cc1. The van der Waals surface area contributed by atoms with Gasteiger partial charge in [-0.3, -0.25) is 5.10 Å². The molecule has 5 nitrogen and oxygen atoms in total. The van der Waals surface area contributed by atoms with E-state index in [0.717, 1.165) is 24.1 Å². The van der Waals surface area contributed by atoms with Crippen molar-refractivity contribution in [1.29, 1.82) is 0 Å². The summed E-state index contributed by atoms with van der Waals surface area (Å²) in [7, 11) is 1.77. The fourth-order valence-corrected chi connectivity index (χ4v) is 3.28. The fourth-order valence-electron chi connectivity index (χ4n) is 3.28. The van der Waals surface area contributed by atoms with E-state index in [1.165, 1.54) is 42.7 Å². The molecule has 1 aliphatic rings. The molecular formula is C19H25FN4O. The second-order valence-electron chi connectivity index (χ2n) is 6.77. The molecule has 1 aliphatic carbocycles. The smallest absolute Gasteiger partial charge is 0.317 e. The van der Waals surface area contributed by atoms with Gasteiger partial charge in [0.25, 0.3) is 0 Å². The van der Waals surface area contributed by atoms with E-state index in [0.29, 0.717) is 6.54 Å². The molecule has 134 valence electrons. The van der Waals surface area contributed by atoms with Crippen molar-refractivity contribution < 1.29 is 9.18 Å². The van der Waals surface area contributed by atoms with E-state index in [2.05, 4.69) is 15.5 Å². The van der Waals surface area contributed by atoms with E-state index in [1.54, 1.807) is 24.1 Å². The highest BCUT2D eigenvalue weighted by molar-refractivity contribution is 5.74. The minimum absolute atomic E-state index is 0.165. The van der Waals surface area contributed by atoms with Gasteiger partial charge in [0.05, 0.1) is 18.3 Å². The number of H-pyrrole nitrogens is 1. The molecule has 1 heterocycles. The Labute approximate surface area is 147 Å². The number of aromatic nitrogens is 2. The predicted octanol–water partition coefficient (Wildman–Crippen LogP) is 3.72. The summed E-state index contributed by atoms with van der Waals surface area (Å²) >= 11 is 0. The summed E-state index contributed by atoms with van der Waals surface area (Å²) in [4.78, 5) is 14.1. The zero-order valence-corrected chi connectivity index (χ0v) is 14.8. The zero-order valence-electron chi connectivity index (χ0n) is 14.8. The van der Waals surface area contributed by atoms with Gasteiger partial charge in [-0.05, 0) is 55.9 Å². The largest absolute Gasteiger partial charge is 0.331 e. The highest BCUT2D eigenvalue weighted by Crippen LogP contribution is 2.22. The first-order valence-corrected chi connectivity index (χ1v) is 8.86. The van der Waals surface area contributed by atoms with E-state index in [1.807, 2.05) is 6.92 Å². The summed E-state index contributed by atoms with van der Waals surface area (Å²) in [5.41, 5.74) is 4.34. The zero-order chi connectivity index (χ0) is 17.8. The van der Waals surface area contributed by atoms with E-state index in [4.69, 9.17) is 0 Å². The molecule has 0 aliphatic heterocycles. The summed E-state index contributed by atoms with van der Waals surface area (Å²) in [6.45, 7) is 2.37. The number of hydrogen-bond acceptors (Lipinski definition) is 2. The Hall–Kier alpha value is -2.37. The van der Waals surface area contributed by atoms with Crippen LogP contribution in [0.25, 0.3) is 0 Å². The van der Waals surface area contributed by atoms with E-state index in [-0.39, 0.29) is 17.9 Å². The lowest BCUT2D eigenvalue weighted by atomic mass is 10.1. The first-order valence-electron chi connectivity index (χ1n) is 8.86. The third-order valence-corrected chi connectivity index (χ3v) is 4.84. The van der Waals surface area contributed by atoms with Gasteiger partial charge in [0, 0.05) is 12.7 Å². The summed E-state index contributed by atoms with van der Waals surface area (Å²) in [5, 5.41) is 10.5. The number of carbonyl (C=O) groups is 1. The Morgan fingerprint density at radius 1 is 1.28 bits per heavy atom. The van der Waals surface area contributed by atoms with Gasteiger partial charge in [0.2, 0.25) is 0 Å². The van der Waals surface area contributed by atoms with Crippen LogP contribution in [0.5, 0.6) is 0 Å². The van der Waals surface area contributed by atoms with Crippen LogP contribution in [0.15, 0.2) is 24.3 Å². The van der Waals surface area contributed by atoms with Crippen LogP contribution >= 0.6 is 0 Å². The van der Waals surface area contributed by atoms with Crippen molar-refractivity contribution in [3.63, 3.8) is 0 Å². The molecule has 0 radical (unpaired) electrons. The Bertz CT molecular complexity index is 726. The highest BCUT2D eigenvalue weighted by atomic mass is 19.1. The summed E-state index contributed by atoms with van der Waals surface area (Å²) in [5.74, 6) is -0.279. The van der Waals surface area contributed by atoms with E-state index in [9.17, 15) is 9.18 Å². The van der Waals surface area contributed by atoms with Gasteiger partial charge in [0.15, 0.2) is 0 Å². The molecule has 3 rings (SSSR count). The number of amides is 2. The van der Waals surface area contributed by atoms with Gasteiger partial charge in [0.1, 0.15) is 5.82 Å². The van der Waals surface area contributed by atoms with Crippen LogP contribution in [-0.2, 0) is 19.4 Å². The Morgan fingerprint density at radius 3 is 2.76 bits per heavy atom. The average Bonchev–Trinajstić information content (AvgIpc) is 2.82. The van der Waals surface area contributed by atoms with Gasteiger partial charge in [-0.2, -0.15) is 5.10 Å². The molecule has 1 aromatic heterocycles. The van der Waals surface area contributed by atoms with Crippen LogP contribution in [-0.4, -0.2) is 28.2 Å². The van der Waals surface area contributed by atoms with Crippen molar-refractivity contribution in [2.24, 2.45) is 0 Å². The molecular weight excluding hydrogens is 319 g/mol. The van der Waals surface area contributed by atoms with Gasteiger partial charge in [-0.15, -0.1) is 0 Å². The minimum Gasteiger partial charge on any atom is -0.331 e. The monoisotopic (exact) mass is 344 g/mol. The number of aromatic amines is 1. The summed E-state index contributed by atoms with van der Waals surface area (Å²) in [6.07, 6.45) is 5.69. The van der Waals surface area contributed by atoms with Crippen molar-refractivity contribution in [3.05, 3.63) is 52.6 Å². The van der Waals surface area contributed by atoms with E-state index >= 15 is 0 Å². The first-order chi connectivity index (χ1) is 12.0. The van der Waals surface area contributed by atoms with Crippen LogP contribution in [0.4, 0.5) is 9.18 Å². The average molecular weight is 344 g/mol. The maximum absolute atomic E-state index is 13.0. The van der Waals surface area contributed by atoms with E-state index < -0.39 is 0 Å². The summed E-state index contributed by atoms with van der Waals surface area (Å²) in [6, 6.07) is 5.83. The molecule has 25 heavy (non-hydrogen) atoms. The maximum Gasteiger partial charge on any atom is 0.317 e. The van der Waals surface area contributed by atoms with Crippen molar-refractivity contribution in [2.45, 2.75) is 51.6 Å². The second kappa shape index (κ2) is 7.68. The van der Waals surface area contributed by atoms with Crippen molar-refractivity contribution in [1.82, 2.24) is 20.4 Å². The normalized spacial score (nSPS) is 15.2. The number of rotatable bonds is 4. The number of benzene rings is 1. The number of nitrogens with zero attached hydrogens (tertiary/aromatic N) is 2. The quantitative estimate of drug-likeness (QED) is 0.831. The number of fused-ring (bicyclic) bond motifs is 1. The number of carbonyl (C=O) groups excluding carboxylic acids is 1. The highest BCUT2D eigenvalue weighted by Gasteiger charge is 2.19. The molecule has 1 aromatic carbocycles. The molecule has 0 bridgehead atoms. The first kappa shape index (κ1) is 17.5. The number of urea groups is 1. The Balaban J connectivity index is 1.61.